The highest BCUT2D eigenvalue weighted by Crippen LogP contribution is 2.40. The van der Waals surface area contributed by atoms with Gasteiger partial charge in [-0.3, -0.25) is 0 Å². The Morgan fingerprint density at radius 3 is 0.562 bits per heavy atom. The molecular weight excluding hydrogens is 1420 g/mol. The predicted molar refractivity (Wildman–Crippen MR) is 449 cm³/mol. The van der Waals surface area contributed by atoms with Gasteiger partial charge in [-0.25, -0.2) is 9.97 Å². The molecule has 5 heterocycles. The van der Waals surface area contributed by atoms with E-state index in [1.807, 2.05) is 48.5 Å². The third kappa shape index (κ3) is 32.2. The third-order valence-electron chi connectivity index (χ3n) is 18.9. The quantitative estimate of drug-likeness (QED) is 0.0340. The lowest BCUT2D eigenvalue weighted by atomic mass is 10.0. The van der Waals surface area contributed by atoms with E-state index in [0.29, 0.717) is 159 Å². The molecule has 0 aliphatic carbocycles. The maximum atomic E-state index is 6.25. The summed E-state index contributed by atoms with van der Waals surface area (Å²) in [5.41, 5.74) is 13.8. The van der Waals surface area contributed by atoms with E-state index in [0.717, 1.165) is 164 Å². The summed E-state index contributed by atoms with van der Waals surface area (Å²) in [6, 6.07) is 41.2. The largest absolute Gasteiger partial charge is 0.491 e. The molecule has 2 aliphatic heterocycles. The number of nitrogens with one attached hydrogen (secondary N) is 2. The van der Waals surface area contributed by atoms with Crippen LogP contribution in [0, 0.1) is 0 Å². The second-order valence-corrected chi connectivity index (χ2v) is 27.6. The van der Waals surface area contributed by atoms with Crippen LogP contribution >= 0.6 is 0 Å². The number of H-pyrrole nitrogens is 2. The number of rotatable bonds is 64. The highest BCUT2D eigenvalue weighted by Gasteiger charge is 2.21. The number of nitrogens with zero attached hydrogens (tertiary/aromatic N) is 2. The van der Waals surface area contributed by atoms with Gasteiger partial charge in [-0.05, 0) is 145 Å². The molecule has 0 saturated carbocycles. The molecule has 2 N–H and O–H groups in total. The number of ether oxygens (including phenoxy) is 16. The predicted octanol–water partition coefficient (Wildman–Crippen LogP) is 19.4. The zero-order chi connectivity index (χ0) is 77.8. The van der Waals surface area contributed by atoms with Crippen LogP contribution < -0.4 is 18.9 Å². The monoisotopic (exact) mass is 1540 g/mol. The molecule has 3 aromatic heterocycles. The molecule has 8 bridgehead atoms. The van der Waals surface area contributed by atoms with Crippen LogP contribution in [0.3, 0.4) is 0 Å². The first-order valence-electron chi connectivity index (χ1n) is 41.6. The van der Waals surface area contributed by atoms with Gasteiger partial charge >= 0.3 is 0 Å². The molecule has 610 valence electrons. The lowest BCUT2D eigenvalue weighted by Crippen LogP contribution is -2.13. The molecule has 0 atom stereocenters. The van der Waals surface area contributed by atoms with E-state index in [1.54, 1.807) is 0 Å². The first kappa shape index (κ1) is 88.2. The Bertz CT molecular complexity index is 3410. The average molecular weight is 1540 g/mol. The van der Waals surface area contributed by atoms with Crippen LogP contribution in [-0.4, -0.2) is 205 Å². The Balaban J connectivity index is 0.982. The van der Waals surface area contributed by atoms with Crippen LogP contribution in [-0.2, 0) is 56.8 Å². The number of benzene rings is 4. The van der Waals surface area contributed by atoms with Crippen LogP contribution in [0.5, 0.6) is 23.0 Å². The standard InChI is InChI=1S/C92H126N4O16/c1-5-9-13-17-45-97-49-53-101-57-61-105-65-69-109-77-29-21-73(22-30-77)89-81-37-39-83(93-81)90(74-23-31-78(32-24-74)110-70-66-106-62-58-102-54-50-98-46-18-14-10-6-2)85-41-43-87(95-85)92(76-27-35-80(36-28-76)112-72-68-108-64-60-104-56-52-100-48-20-16-12-8-4)88-44-42-86(96-88)91(84-40-38-82(89)94-84)75-25-33-79(34-26-75)111-71-67-107-63-59-103-55-51-99-47-19-15-11-7-3/h21-44,93,96H,5-20,45-72H2,1-4H3. The second-order valence-electron chi connectivity index (χ2n) is 27.6. The number of aromatic amines is 2. The summed E-state index contributed by atoms with van der Waals surface area (Å²) in [6.45, 7) is 23.6. The van der Waals surface area contributed by atoms with Gasteiger partial charge in [0.05, 0.1) is 155 Å². The summed E-state index contributed by atoms with van der Waals surface area (Å²) in [5, 5.41) is 0. The van der Waals surface area contributed by atoms with Crippen molar-refractivity contribution >= 4 is 46.4 Å². The SMILES string of the molecule is CCCCCCOCCOCCOCCOc1ccc(-c2c3nc(c(-c4ccc(OCCOCCOCCOCCCCCC)cc4)c4ccc([nH]4)c(-c4ccc(OCCOCCOCCOCCCCCC)cc4)c4nc(c(-c5ccc(OCCOCCOCCOCCCCCC)cc5)c5ccc2[nH]5)C=C4)C=C3)cc1. The van der Waals surface area contributed by atoms with Crippen molar-refractivity contribution in [1.29, 1.82) is 0 Å². The lowest BCUT2D eigenvalue weighted by Gasteiger charge is -2.10. The van der Waals surface area contributed by atoms with Crippen molar-refractivity contribution in [2.45, 2.75) is 130 Å². The van der Waals surface area contributed by atoms with Gasteiger partial charge in [-0.1, -0.05) is 153 Å². The Labute approximate surface area is 665 Å². The first-order valence-corrected chi connectivity index (χ1v) is 41.6. The zero-order valence-electron chi connectivity index (χ0n) is 67.4. The number of aromatic nitrogens is 4. The van der Waals surface area contributed by atoms with Crippen molar-refractivity contribution in [3.63, 3.8) is 0 Å². The van der Waals surface area contributed by atoms with Crippen molar-refractivity contribution in [2.24, 2.45) is 0 Å². The van der Waals surface area contributed by atoms with Gasteiger partial charge in [0.1, 0.15) is 49.4 Å². The van der Waals surface area contributed by atoms with Crippen molar-refractivity contribution in [3.05, 3.63) is 144 Å². The lowest BCUT2D eigenvalue weighted by molar-refractivity contribution is 0.00879. The molecule has 2 aliphatic rings. The topological polar surface area (TPSA) is 205 Å². The van der Waals surface area contributed by atoms with Crippen LogP contribution in [0.2, 0.25) is 0 Å². The average Bonchev–Trinajstić information content (AvgIpc) is 1.61. The summed E-state index contributed by atoms with van der Waals surface area (Å²) in [7, 11) is 0. The van der Waals surface area contributed by atoms with E-state index in [1.165, 1.54) is 77.0 Å². The summed E-state index contributed by atoms with van der Waals surface area (Å²) in [4.78, 5) is 19.0. The van der Waals surface area contributed by atoms with Crippen molar-refractivity contribution in [3.8, 4) is 67.5 Å². The van der Waals surface area contributed by atoms with Crippen LogP contribution in [0.1, 0.15) is 153 Å². The maximum Gasteiger partial charge on any atom is 0.119 e. The van der Waals surface area contributed by atoms with Gasteiger partial charge in [-0.2, -0.15) is 0 Å². The molecule has 9 rings (SSSR count). The van der Waals surface area contributed by atoms with E-state index >= 15 is 0 Å². The van der Waals surface area contributed by atoms with Crippen molar-refractivity contribution in [1.82, 2.24) is 19.9 Å². The summed E-state index contributed by atoms with van der Waals surface area (Å²) < 4.78 is 94.4. The van der Waals surface area contributed by atoms with E-state index in [2.05, 4.69) is 135 Å². The Hall–Kier alpha value is -7.80. The van der Waals surface area contributed by atoms with Gasteiger partial charge < -0.3 is 85.8 Å². The van der Waals surface area contributed by atoms with Gasteiger partial charge in [-0.15, -0.1) is 0 Å². The molecule has 0 saturated heterocycles. The fourth-order valence-electron chi connectivity index (χ4n) is 12.9. The molecule has 0 fully saturated rings. The fraction of sp³-hybridized carbons (Fsp3) is 0.522. The third-order valence-corrected chi connectivity index (χ3v) is 18.9. The van der Waals surface area contributed by atoms with E-state index in [4.69, 9.17) is 85.8 Å². The number of hydrogen-bond donors (Lipinski definition) is 2. The molecule has 0 unspecified atom stereocenters. The maximum absolute atomic E-state index is 6.25. The number of fused-ring (bicyclic) bond motifs is 8. The molecule has 0 amide bonds. The number of unbranched alkanes of at least 4 members (excludes halogenated alkanes) is 12. The smallest absolute Gasteiger partial charge is 0.119 e. The minimum absolute atomic E-state index is 0.381. The van der Waals surface area contributed by atoms with Crippen molar-refractivity contribution < 1.29 is 75.8 Å². The molecule has 20 heteroatoms. The Morgan fingerprint density at radius 1 is 0.196 bits per heavy atom. The molecule has 20 nitrogen and oxygen atoms in total. The molecule has 4 aromatic carbocycles. The minimum atomic E-state index is 0.381. The summed E-state index contributed by atoms with van der Waals surface area (Å²) >= 11 is 0. The van der Waals surface area contributed by atoms with Crippen LogP contribution in [0.25, 0.3) is 90.9 Å². The van der Waals surface area contributed by atoms with Gasteiger partial charge in [0.15, 0.2) is 0 Å². The van der Waals surface area contributed by atoms with Gasteiger partial charge in [0, 0.05) is 70.7 Å². The van der Waals surface area contributed by atoms with E-state index < -0.39 is 0 Å². The molecular formula is C92H126N4O16. The molecule has 112 heavy (non-hydrogen) atoms. The zero-order valence-corrected chi connectivity index (χ0v) is 67.4. The fourth-order valence-corrected chi connectivity index (χ4v) is 12.9. The Kier molecular flexibility index (Phi) is 43.2. The first-order chi connectivity index (χ1) is 55.5. The normalized spacial score (nSPS) is 11.9. The molecule has 0 spiro atoms. The Morgan fingerprint density at radius 2 is 0.375 bits per heavy atom. The highest BCUT2D eigenvalue weighted by molar-refractivity contribution is 6.00. The van der Waals surface area contributed by atoms with Gasteiger partial charge in [0.2, 0.25) is 0 Å². The summed E-state index contributed by atoms with van der Waals surface area (Å²) in [5.74, 6) is 2.88. The second kappa shape index (κ2) is 54.8. The van der Waals surface area contributed by atoms with Crippen LogP contribution in [0.15, 0.2) is 121 Å². The molecule has 0 radical (unpaired) electrons. The minimum Gasteiger partial charge on any atom is -0.491 e. The van der Waals surface area contributed by atoms with E-state index in [-0.39, 0.29) is 0 Å². The van der Waals surface area contributed by atoms with Crippen molar-refractivity contribution in [2.75, 3.05) is 185 Å². The van der Waals surface area contributed by atoms with Crippen LogP contribution in [0.4, 0.5) is 0 Å². The highest BCUT2D eigenvalue weighted by atomic mass is 16.6. The summed E-state index contributed by atoms with van der Waals surface area (Å²) in [6.07, 6.45) is 27.4. The molecule has 7 aromatic rings. The van der Waals surface area contributed by atoms with Gasteiger partial charge in [0.25, 0.3) is 0 Å². The number of hydrogen-bond acceptors (Lipinski definition) is 18. The van der Waals surface area contributed by atoms with E-state index in [9.17, 15) is 0 Å².